The molecule has 8 heteroatoms. The fourth-order valence-electron chi connectivity index (χ4n) is 5.48. The second kappa shape index (κ2) is 11.3. The van der Waals surface area contributed by atoms with E-state index in [4.69, 9.17) is 14.6 Å². The lowest BCUT2D eigenvalue weighted by atomic mass is 10.0. The van der Waals surface area contributed by atoms with Crippen molar-refractivity contribution in [3.63, 3.8) is 0 Å². The van der Waals surface area contributed by atoms with Crippen molar-refractivity contribution in [1.82, 2.24) is 19.2 Å². The average Bonchev–Trinajstić information content (AvgIpc) is 3.55. The molecule has 3 heterocycles. The van der Waals surface area contributed by atoms with Gasteiger partial charge in [0.15, 0.2) is 0 Å². The Hall–Kier alpha value is -4.98. The number of nitrogens with one attached hydrogen (secondary N) is 1. The van der Waals surface area contributed by atoms with Crippen LogP contribution in [0.5, 0.6) is 11.5 Å². The largest absolute Gasteiger partial charge is 0.494 e. The van der Waals surface area contributed by atoms with Crippen molar-refractivity contribution in [2.75, 3.05) is 18.5 Å². The van der Waals surface area contributed by atoms with Crippen molar-refractivity contribution in [1.29, 1.82) is 0 Å². The molecule has 0 aliphatic carbocycles. The molecule has 1 unspecified atom stereocenters. The molecule has 3 aromatic carbocycles. The first-order chi connectivity index (χ1) is 20.1. The highest BCUT2D eigenvalue weighted by Crippen LogP contribution is 2.40. The monoisotopic (exact) mass is 547 g/mol. The molecule has 5 aromatic rings. The Labute approximate surface area is 239 Å². The Kier molecular flexibility index (Phi) is 7.20. The summed E-state index contributed by atoms with van der Waals surface area (Å²) in [6.45, 7) is 7.30. The molecule has 0 fully saturated rings. The van der Waals surface area contributed by atoms with E-state index >= 15 is 0 Å². The lowest BCUT2D eigenvalue weighted by molar-refractivity contribution is 0.194. The average molecular weight is 548 g/mol. The summed E-state index contributed by atoms with van der Waals surface area (Å²) in [7, 11) is 0. The number of rotatable bonds is 7. The summed E-state index contributed by atoms with van der Waals surface area (Å²) in [5.41, 5.74) is 5.31. The van der Waals surface area contributed by atoms with Crippen LogP contribution in [0.1, 0.15) is 42.4 Å². The minimum absolute atomic E-state index is 0.239. The molecule has 0 spiro atoms. The van der Waals surface area contributed by atoms with Gasteiger partial charge in [-0.1, -0.05) is 42.5 Å². The van der Waals surface area contributed by atoms with Gasteiger partial charge in [-0.15, -0.1) is 0 Å². The van der Waals surface area contributed by atoms with Crippen LogP contribution in [-0.2, 0) is 6.54 Å². The highest BCUT2D eigenvalue weighted by Gasteiger charge is 2.36. The van der Waals surface area contributed by atoms with Crippen LogP contribution >= 0.6 is 0 Å². The summed E-state index contributed by atoms with van der Waals surface area (Å²) in [5, 5.41) is 8.07. The topological polar surface area (TPSA) is 73.5 Å². The summed E-state index contributed by atoms with van der Waals surface area (Å²) in [5.74, 6) is 2.31. The van der Waals surface area contributed by atoms with Gasteiger partial charge in [0.25, 0.3) is 0 Å². The molecule has 41 heavy (non-hydrogen) atoms. The zero-order valence-electron chi connectivity index (χ0n) is 23.4. The van der Waals surface area contributed by atoms with Gasteiger partial charge in [0.2, 0.25) is 0 Å². The molecule has 2 aromatic heterocycles. The molecule has 8 nitrogen and oxygen atoms in total. The van der Waals surface area contributed by atoms with Crippen LogP contribution in [0.25, 0.3) is 11.5 Å². The van der Waals surface area contributed by atoms with Gasteiger partial charge < -0.3 is 24.3 Å². The molecule has 0 saturated carbocycles. The van der Waals surface area contributed by atoms with Crippen LogP contribution in [0.4, 0.5) is 10.5 Å². The van der Waals surface area contributed by atoms with Gasteiger partial charge in [0.05, 0.1) is 48.6 Å². The van der Waals surface area contributed by atoms with Gasteiger partial charge in [-0.3, -0.25) is 0 Å². The predicted octanol–water partition coefficient (Wildman–Crippen LogP) is 6.91. The van der Waals surface area contributed by atoms with E-state index in [1.165, 1.54) is 0 Å². The normalized spacial score (nSPS) is 14.1. The lowest BCUT2D eigenvalue weighted by Crippen LogP contribution is -2.38. The van der Waals surface area contributed by atoms with E-state index in [0.717, 1.165) is 39.8 Å². The smallest absolute Gasteiger partial charge is 0.323 e. The summed E-state index contributed by atoms with van der Waals surface area (Å²) < 4.78 is 15.8. The van der Waals surface area contributed by atoms with Crippen LogP contribution in [0.15, 0.2) is 97.2 Å². The van der Waals surface area contributed by atoms with Crippen LogP contribution in [0, 0.1) is 6.92 Å². The molecular formula is C33H33N5O3. The third-order valence-corrected chi connectivity index (χ3v) is 7.26. The fraction of sp³-hybridized carbons (Fsp3) is 0.212. The zero-order chi connectivity index (χ0) is 28.3. The van der Waals surface area contributed by atoms with Crippen LogP contribution < -0.4 is 14.8 Å². The molecule has 0 saturated heterocycles. The molecule has 0 bridgehead atoms. The summed E-state index contributed by atoms with van der Waals surface area (Å²) in [4.78, 5) is 16.2. The first-order valence-electron chi connectivity index (χ1n) is 13.9. The first kappa shape index (κ1) is 26.3. The minimum atomic E-state index is -0.402. The number of hydrogen-bond acceptors (Lipinski definition) is 4. The van der Waals surface area contributed by atoms with Crippen molar-refractivity contribution in [2.24, 2.45) is 0 Å². The summed E-state index contributed by atoms with van der Waals surface area (Å²) in [6, 6.07) is 29.0. The predicted molar refractivity (Wildman–Crippen MR) is 159 cm³/mol. The number of para-hydroxylation sites is 3. The minimum Gasteiger partial charge on any atom is -0.494 e. The Morgan fingerprint density at radius 2 is 1.71 bits per heavy atom. The molecule has 0 radical (unpaired) electrons. The third kappa shape index (κ3) is 4.93. The number of nitrogens with zero attached hydrogens (tertiary/aromatic N) is 4. The van der Waals surface area contributed by atoms with Crippen LogP contribution in [0.3, 0.4) is 0 Å². The zero-order valence-corrected chi connectivity index (χ0v) is 23.4. The molecule has 208 valence electrons. The maximum absolute atomic E-state index is 14.3. The maximum atomic E-state index is 14.3. The highest BCUT2D eigenvalue weighted by molar-refractivity contribution is 5.91. The Balaban J connectivity index is 1.52. The molecule has 6 rings (SSSR count). The highest BCUT2D eigenvalue weighted by atomic mass is 16.5. The van der Waals surface area contributed by atoms with E-state index in [1.54, 1.807) is 0 Å². The fourth-order valence-corrected chi connectivity index (χ4v) is 5.48. The first-order valence-corrected chi connectivity index (χ1v) is 13.9. The quantitative estimate of drug-likeness (QED) is 0.240. The van der Waals surface area contributed by atoms with Gasteiger partial charge >= 0.3 is 6.03 Å². The third-order valence-electron chi connectivity index (χ3n) is 7.26. The number of carbonyl (C=O) groups excluding carboxylic acids is 1. The molecule has 1 aliphatic rings. The van der Waals surface area contributed by atoms with Gasteiger partial charge in [0, 0.05) is 11.8 Å². The van der Waals surface area contributed by atoms with Gasteiger partial charge in [-0.25, -0.2) is 9.48 Å². The van der Waals surface area contributed by atoms with Crippen molar-refractivity contribution in [2.45, 2.75) is 33.4 Å². The molecule has 1 N–H and O–H groups in total. The number of anilines is 1. The van der Waals surface area contributed by atoms with E-state index in [1.807, 2.05) is 121 Å². The van der Waals surface area contributed by atoms with E-state index in [-0.39, 0.29) is 6.03 Å². The SMILES string of the molecule is CCOc1cccc(C2c3cccn3-c3c(c(C)nn3-c3ccccc3)CN2C(=O)Nc2ccccc2OCC)c1. The number of aromatic nitrogens is 3. The van der Waals surface area contributed by atoms with Crippen molar-refractivity contribution < 1.29 is 14.3 Å². The van der Waals surface area contributed by atoms with E-state index in [0.29, 0.717) is 31.2 Å². The van der Waals surface area contributed by atoms with Gasteiger partial charge in [-0.05, 0) is 74.9 Å². The van der Waals surface area contributed by atoms with Gasteiger partial charge in [-0.2, -0.15) is 5.10 Å². The number of aryl methyl sites for hydroxylation is 1. The van der Waals surface area contributed by atoms with Crippen molar-refractivity contribution in [3.05, 3.63) is 120 Å². The van der Waals surface area contributed by atoms with E-state index < -0.39 is 6.04 Å². The maximum Gasteiger partial charge on any atom is 0.323 e. The van der Waals surface area contributed by atoms with E-state index in [2.05, 4.69) is 16.0 Å². The molecule has 2 amide bonds. The number of carbonyl (C=O) groups is 1. The molecule has 1 atom stereocenters. The summed E-state index contributed by atoms with van der Waals surface area (Å²) >= 11 is 0. The van der Waals surface area contributed by atoms with Crippen LogP contribution in [0.2, 0.25) is 0 Å². The molecular weight excluding hydrogens is 514 g/mol. The van der Waals surface area contributed by atoms with Crippen molar-refractivity contribution >= 4 is 11.7 Å². The number of fused-ring (bicyclic) bond motifs is 3. The number of urea groups is 1. The van der Waals surface area contributed by atoms with Crippen LogP contribution in [-0.4, -0.2) is 38.5 Å². The van der Waals surface area contributed by atoms with Gasteiger partial charge in [0.1, 0.15) is 17.3 Å². The number of ether oxygens (including phenoxy) is 2. The molecule has 1 aliphatic heterocycles. The van der Waals surface area contributed by atoms with Crippen molar-refractivity contribution in [3.8, 4) is 23.0 Å². The number of hydrogen-bond donors (Lipinski definition) is 1. The number of benzene rings is 3. The Morgan fingerprint density at radius 3 is 2.51 bits per heavy atom. The second-order valence-corrected chi connectivity index (χ2v) is 9.83. The summed E-state index contributed by atoms with van der Waals surface area (Å²) in [6.07, 6.45) is 2.04. The van der Waals surface area contributed by atoms with E-state index in [9.17, 15) is 4.79 Å². The lowest BCUT2D eigenvalue weighted by Gasteiger charge is -2.31. The Morgan fingerprint density at radius 1 is 0.927 bits per heavy atom. The Bertz CT molecular complexity index is 1670. The number of amides is 2. The standard InChI is InChI=1S/C33H33N5O3/c1-4-40-26-16-11-13-24(21-26)31-29-18-12-20-36(29)32-27(23(3)35-38(32)25-14-7-6-8-15-25)22-37(31)33(39)34-28-17-9-10-19-30(28)41-5-2/h6-21,31H,4-5,22H2,1-3H3,(H,34,39). The second-order valence-electron chi connectivity index (χ2n) is 9.83.